The molecule has 0 saturated carbocycles. The van der Waals surface area contributed by atoms with Gasteiger partial charge in [-0.2, -0.15) is 0 Å². The molecule has 0 bridgehead atoms. The first-order valence-electron chi connectivity index (χ1n) is 9.91. The lowest BCUT2D eigenvalue weighted by Crippen LogP contribution is -2.02. The molecule has 0 atom stereocenters. The molecule has 0 aromatic rings. The van der Waals surface area contributed by atoms with E-state index in [2.05, 4.69) is 43.4 Å². The Labute approximate surface area is 150 Å². The van der Waals surface area contributed by atoms with Crippen molar-refractivity contribution < 1.29 is 9.53 Å². The quantitative estimate of drug-likeness (QED) is 0.174. The fourth-order valence-electron chi connectivity index (χ4n) is 2.42. The number of carbonyl (C=O) groups is 1. The van der Waals surface area contributed by atoms with Crippen LogP contribution in [0.25, 0.3) is 0 Å². The molecular weight excluding hydrogens is 296 g/mol. The van der Waals surface area contributed by atoms with E-state index in [-0.39, 0.29) is 5.97 Å². The fraction of sp³-hybridized carbons (Fsp3) is 0.682. The largest absolute Gasteiger partial charge is 0.466 e. The highest BCUT2D eigenvalue weighted by Gasteiger charge is 1.98. The van der Waals surface area contributed by atoms with Crippen molar-refractivity contribution in [2.75, 3.05) is 6.61 Å². The Bertz CT molecular complexity index is 353. The first-order chi connectivity index (χ1) is 11.8. The molecule has 0 unspecified atom stereocenters. The standard InChI is InChI=1S/C22H38O2/c1-3-5-6-7-8-9-10-11-12-13-14-15-16-17-18-19-20-21-22(23)24-4-2/h11-12,14-15,17-18H,3-10,13,16,19-21H2,1-2H3. The molecule has 0 aliphatic heterocycles. The first-order valence-corrected chi connectivity index (χ1v) is 9.91. The molecule has 0 N–H and O–H groups in total. The van der Waals surface area contributed by atoms with E-state index < -0.39 is 0 Å². The number of allylic oxidation sites excluding steroid dienone is 6. The summed E-state index contributed by atoms with van der Waals surface area (Å²) in [6.45, 7) is 4.58. The van der Waals surface area contributed by atoms with Crippen molar-refractivity contribution in [1.29, 1.82) is 0 Å². The van der Waals surface area contributed by atoms with Crippen LogP contribution < -0.4 is 0 Å². The van der Waals surface area contributed by atoms with E-state index in [1.54, 1.807) is 0 Å². The van der Waals surface area contributed by atoms with Crippen molar-refractivity contribution in [2.24, 2.45) is 0 Å². The van der Waals surface area contributed by atoms with Crippen LogP contribution in [0.2, 0.25) is 0 Å². The molecule has 2 heteroatoms. The smallest absolute Gasteiger partial charge is 0.305 e. The van der Waals surface area contributed by atoms with Crippen LogP contribution in [-0.2, 0) is 9.53 Å². The van der Waals surface area contributed by atoms with Crippen LogP contribution in [0.3, 0.4) is 0 Å². The van der Waals surface area contributed by atoms with Crippen LogP contribution in [-0.4, -0.2) is 12.6 Å². The van der Waals surface area contributed by atoms with Crippen LogP contribution in [0.15, 0.2) is 36.5 Å². The van der Waals surface area contributed by atoms with E-state index in [9.17, 15) is 4.79 Å². The van der Waals surface area contributed by atoms with Gasteiger partial charge in [-0.25, -0.2) is 0 Å². The van der Waals surface area contributed by atoms with E-state index >= 15 is 0 Å². The van der Waals surface area contributed by atoms with Gasteiger partial charge in [0.2, 0.25) is 0 Å². The van der Waals surface area contributed by atoms with E-state index in [0.717, 1.165) is 25.7 Å². The summed E-state index contributed by atoms with van der Waals surface area (Å²) in [4.78, 5) is 11.1. The Balaban J connectivity index is 3.35. The lowest BCUT2D eigenvalue weighted by Gasteiger charge is -1.98. The highest BCUT2D eigenvalue weighted by molar-refractivity contribution is 5.69. The molecule has 0 aromatic carbocycles. The van der Waals surface area contributed by atoms with Gasteiger partial charge >= 0.3 is 5.97 Å². The van der Waals surface area contributed by atoms with Gasteiger partial charge in [-0.15, -0.1) is 0 Å². The number of ether oxygens (including phenoxy) is 1. The van der Waals surface area contributed by atoms with Gasteiger partial charge in [0.05, 0.1) is 6.61 Å². The van der Waals surface area contributed by atoms with Crippen molar-refractivity contribution in [3.63, 3.8) is 0 Å². The number of esters is 1. The zero-order valence-electron chi connectivity index (χ0n) is 16.0. The van der Waals surface area contributed by atoms with Crippen LogP contribution >= 0.6 is 0 Å². The second kappa shape index (κ2) is 19.7. The SMILES string of the molecule is CCCCCCCCC=CCC=CCC=CCCCC(=O)OCC. The van der Waals surface area contributed by atoms with E-state index in [1.807, 2.05) is 6.92 Å². The molecule has 0 fully saturated rings. The van der Waals surface area contributed by atoms with Gasteiger partial charge in [-0.1, -0.05) is 75.5 Å². The summed E-state index contributed by atoms with van der Waals surface area (Å²) in [5.41, 5.74) is 0. The van der Waals surface area contributed by atoms with Crippen molar-refractivity contribution in [3.8, 4) is 0 Å². The van der Waals surface area contributed by atoms with Gasteiger partial charge < -0.3 is 4.74 Å². The van der Waals surface area contributed by atoms with Gasteiger partial charge in [0.15, 0.2) is 0 Å². The third-order valence-electron chi connectivity index (χ3n) is 3.83. The average molecular weight is 335 g/mol. The van der Waals surface area contributed by atoms with E-state index in [1.165, 1.54) is 44.9 Å². The second-order valence-corrected chi connectivity index (χ2v) is 6.14. The lowest BCUT2D eigenvalue weighted by atomic mass is 10.1. The summed E-state index contributed by atoms with van der Waals surface area (Å²) >= 11 is 0. The number of rotatable bonds is 16. The highest BCUT2D eigenvalue weighted by Crippen LogP contribution is 2.07. The molecule has 2 nitrogen and oxygen atoms in total. The van der Waals surface area contributed by atoms with E-state index in [0.29, 0.717) is 13.0 Å². The number of hydrogen-bond acceptors (Lipinski definition) is 2. The van der Waals surface area contributed by atoms with Gasteiger partial charge in [0.1, 0.15) is 0 Å². The zero-order valence-corrected chi connectivity index (χ0v) is 16.0. The Morgan fingerprint density at radius 3 is 1.88 bits per heavy atom. The van der Waals surface area contributed by atoms with Crippen LogP contribution in [0, 0.1) is 0 Å². The molecule has 0 aliphatic rings. The normalized spacial score (nSPS) is 11.9. The summed E-state index contributed by atoms with van der Waals surface area (Å²) in [6, 6.07) is 0. The summed E-state index contributed by atoms with van der Waals surface area (Å²) < 4.78 is 4.89. The molecule has 0 saturated heterocycles. The maximum Gasteiger partial charge on any atom is 0.305 e. The number of carbonyl (C=O) groups excluding carboxylic acids is 1. The van der Waals surface area contributed by atoms with Gasteiger partial charge in [0, 0.05) is 6.42 Å². The Hall–Kier alpha value is -1.31. The summed E-state index contributed by atoms with van der Waals surface area (Å²) in [5, 5.41) is 0. The number of hydrogen-bond donors (Lipinski definition) is 0. The molecule has 0 aromatic heterocycles. The molecule has 138 valence electrons. The maximum atomic E-state index is 11.1. The van der Waals surface area contributed by atoms with Crippen molar-refractivity contribution in [1.82, 2.24) is 0 Å². The molecule has 0 radical (unpaired) electrons. The predicted molar refractivity (Wildman–Crippen MR) is 105 cm³/mol. The summed E-state index contributed by atoms with van der Waals surface area (Å²) in [5.74, 6) is -0.0847. The molecule has 0 amide bonds. The third kappa shape index (κ3) is 18.7. The first kappa shape index (κ1) is 22.7. The molecule has 0 rings (SSSR count). The highest BCUT2D eigenvalue weighted by atomic mass is 16.5. The lowest BCUT2D eigenvalue weighted by molar-refractivity contribution is -0.143. The van der Waals surface area contributed by atoms with Gasteiger partial charge in [-0.05, 0) is 45.4 Å². The van der Waals surface area contributed by atoms with Crippen molar-refractivity contribution in [3.05, 3.63) is 36.5 Å². The molecular formula is C22H38O2. The Morgan fingerprint density at radius 2 is 1.25 bits per heavy atom. The summed E-state index contributed by atoms with van der Waals surface area (Å²) in [7, 11) is 0. The van der Waals surface area contributed by atoms with Crippen molar-refractivity contribution in [2.45, 2.75) is 90.9 Å². The van der Waals surface area contributed by atoms with E-state index in [4.69, 9.17) is 4.74 Å². The average Bonchev–Trinajstić information content (AvgIpc) is 2.58. The predicted octanol–water partition coefficient (Wildman–Crippen LogP) is 6.92. The zero-order chi connectivity index (χ0) is 17.7. The Kier molecular flexibility index (Phi) is 18.7. The topological polar surface area (TPSA) is 26.3 Å². The molecule has 0 aliphatic carbocycles. The minimum Gasteiger partial charge on any atom is -0.466 e. The second-order valence-electron chi connectivity index (χ2n) is 6.14. The van der Waals surface area contributed by atoms with Crippen molar-refractivity contribution >= 4 is 5.97 Å². The Morgan fingerprint density at radius 1 is 0.708 bits per heavy atom. The molecule has 0 spiro atoms. The minimum absolute atomic E-state index is 0.0847. The monoisotopic (exact) mass is 334 g/mol. The van der Waals surface area contributed by atoms with Gasteiger partial charge in [-0.3, -0.25) is 4.79 Å². The maximum absolute atomic E-state index is 11.1. The van der Waals surface area contributed by atoms with Crippen LogP contribution in [0.1, 0.15) is 90.9 Å². The third-order valence-corrected chi connectivity index (χ3v) is 3.83. The summed E-state index contributed by atoms with van der Waals surface area (Å²) in [6.07, 6.45) is 27.1. The van der Waals surface area contributed by atoms with Crippen LogP contribution in [0.5, 0.6) is 0 Å². The number of unbranched alkanes of at least 4 members (excludes halogenated alkanes) is 7. The van der Waals surface area contributed by atoms with Crippen LogP contribution in [0.4, 0.5) is 0 Å². The molecule has 0 heterocycles. The fourth-order valence-corrected chi connectivity index (χ4v) is 2.42. The minimum atomic E-state index is -0.0847. The van der Waals surface area contributed by atoms with Gasteiger partial charge in [0.25, 0.3) is 0 Å². The molecule has 24 heavy (non-hydrogen) atoms.